The van der Waals surface area contributed by atoms with Gasteiger partial charge >= 0.3 is 5.69 Å². The average Bonchev–Trinajstić information content (AvgIpc) is 3.07. The van der Waals surface area contributed by atoms with Gasteiger partial charge in [0.05, 0.1) is 12.2 Å². The number of rotatable bonds is 5. The number of aromatic nitrogens is 6. The molecule has 4 rings (SSSR count). The Balaban J connectivity index is 1.74. The van der Waals surface area contributed by atoms with E-state index in [9.17, 15) is 9.59 Å². The summed E-state index contributed by atoms with van der Waals surface area (Å²) in [5, 5.41) is 0.674. The first kappa shape index (κ1) is 19.6. The first-order valence-corrected chi connectivity index (χ1v) is 10.4. The maximum Gasteiger partial charge on any atom is 0.329 e. The van der Waals surface area contributed by atoms with E-state index in [4.69, 9.17) is 4.74 Å². The number of morpholine rings is 1. The number of aromatic amines is 1. The van der Waals surface area contributed by atoms with Crippen LogP contribution in [0.25, 0.3) is 11.2 Å². The van der Waals surface area contributed by atoms with Gasteiger partial charge in [0, 0.05) is 44.8 Å². The van der Waals surface area contributed by atoms with E-state index >= 15 is 0 Å². The number of nitrogens with one attached hydrogen (secondary N) is 1. The van der Waals surface area contributed by atoms with Crippen LogP contribution >= 0.6 is 11.8 Å². The highest BCUT2D eigenvalue weighted by atomic mass is 32.2. The summed E-state index contributed by atoms with van der Waals surface area (Å²) in [6, 6.07) is 1.77. The van der Waals surface area contributed by atoms with Crippen molar-refractivity contribution in [3.05, 3.63) is 39.3 Å². The minimum absolute atomic E-state index is 0.0428. The average molecular weight is 417 g/mol. The Morgan fingerprint density at radius 2 is 1.90 bits per heavy atom. The fourth-order valence-corrected chi connectivity index (χ4v) is 4.33. The van der Waals surface area contributed by atoms with Crippen LogP contribution in [0.4, 0.5) is 5.95 Å². The molecular formula is C18H23N7O3S. The number of anilines is 1. The molecular weight excluding hydrogens is 394 g/mol. The van der Waals surface area contributed by atoms with Crippen molar-refractivity contribution in [2.24, 2.45) is 7.05 Å². The minimum Gasteiger partial charge on any atom is -0.372 e. The van der Waals surface area contributed by atoms with Crippen LogP contribution in [0, 0.1) is 0 Å². The van der Waals surface area contributed by atoms with Gasteiger partial charge in [-0.15, -0.1) is 0 Å². The Morgan fingerprint density at radius 1 is 1.21 bits per heavy atom. The van der Waals surface area contributed by atoms with Gasteiger partial charge in [-0.3, -0.25) is 14.3 Å². The Bertz CT molecular complexity index is 1110. The second-order valence-corrected chi connectivity index (χ2v) is 8.16. The van der Waals surface area contributed by atoms with E-state index in [0.29, 0.717) is 47.7 Å². The molecule has 4 heterocycles. The fourth-order valence-electron chi connectivity index (χ4n) is 3.61. The van der Waals surface area contributed by atoms with Gasteiger partial charge in [0.2, 0.25) is 5.95 Å². The molecule has 1 saturated heterocycles. The van der Waals surface area contributed by atoms with E-state index in [0.717, 1.165) is 0 Å². The minimum atomic E-state index is -0.477. The Morgan fingerprint density at radius 3 is 2.59 bits per heavy atom. The lowest BCUT2D eigenvalue weighted by molar-refractivity contribution is -0.00586. The van der Waals surface area contributed by atoms with E-state index < -0.39 is 11.2 Å². The Hall–Kier alpha value is -2.66. The van der Waals surface area contributed by atoms with Crippen molar-refractivity contribution in [3.63, 3.8) is 0 Å². The van der Waals surface area contributed by atoms with Crippen LogP contribution in [0.3, 0.4) is 0 Å². The summed E-state index contributed by atoms with van der Waals surface area (Å²) < 4.78 is 9.09. The normalized spacial score (nSPS) is 19.8. The van der Waals surface area contributed by atoms with Gasteiger partial charge in [-0.1, -0.05) is 11.8 Å². The number of ether oxygens (including phenoxy) is 1. The van der Waals surface area contributed by atoms with Crippen LogP contribution in [0.5, 0.6) is 0 Å². The van der Waals surface area contributed by atoms with E-state index in [1.165, 1.54) is 16.3 Å². The molecule has 1 aliphatic rings. The lowest BCUT2D eigenvalue weighted by Crippen LogP contribution is -2.46. The number of thioether (sulfide) groups is 1. The van der Waals surface area contributed by atoms with Gasteiger partial charge in [-0.05, 0) is 19.9 Å². The van der Waals surface area contributed by atoms with Gasteiger partial charge < -0.3 is 14.2 Å². The molecule has 1 N–H and O–H groups in total. The molecule has 0 radical (unpaired) electrons. The number of fused-ring (bicyclic) bond motifs is 1. The standard InChI is InChI=1S/C18H23N7O3S/c1-11-9-24(10-12(2)28-11)17-21-14-13(15(26)22-18(27)23(14)3)25(17)7-8-29-16-19-5-4-6-20-16/h4-6,11-12H,7-10H2,1-3H3,(H,22,26,27)/t11-,12-/m1/s1. The monoisotopic (exact) mass is 417 g/mol. The van der Waals surface area contributed by atoms with Gasteiger partial charge in [-0.25, -0.2) is 14.8 Å². The first-order valence-electron chi connectivity index (χ1n) is 9.44. The maximum atomic E-state index is 12.6. The van der Waals surface area contributed by atoms with Crippen LogP contribution in [-0.4, -0.2) is 60.1 Å². The van der Waals surface area contributed by atoms with Crippen LogP contribution in [0.2, 0.25) is 0 Å². The zero-order valence-electron chi connectivity index (χ0n) is 16.5. The smallest absolute Gasteiger partial charge is 0.329 e. The third kappa shape index (κ3) is 3.92. The largest absolute Gasteiger partial charge is 0.372 e. The Labute approximate surface area is 170 Å². The van der Waals surface area contributed by atoms with Crippen LogP contribution < -0.4 is 16.1 Å². The Kier molecular flexibility index (Phi) is 5.41. The molecule has 3 aromatic rings. The number of hydrogen-bond donors (Lipinski definition) is 1. The second-order valence-electron chi connectivity index (χ2n) is 7.10. The predicted molar refractivity (Wildman–Crippen MR) is 111 cm³/mol. The summed E-state index contributed by atoms with van der Waals surface area (Å²) in [6.07, 6.45) is 3.48. The summed E-state index contributed by atoms with van der Waals surface area (Å²) >= 11 is 1.50. The summed E-state index contributed by atoms with van der Waals surface area (Å²) in [5.41, 5.74) is -0.142. The van der Waals surface area contributed by atoms with Gasteiger partial charge in [0.15, 0.2) is 16.3 Å². The van der Waals surface area contributed by atoms with Crippen LogP contribution in [0.15, 0.2) is 33.2 Å². The lowest BCUT2D eigenvalue weighted by Gasteiger charge is -2.36. The molecule has 0 aliphatic carbocycles. The van der Waals surface area contributed by atoms with Gasteiger partial charge in [0.25, 0.3) is 5.56 Å². The highest BCUT2D eigenvalue weighted by Gasteiger charge is 2.28. The van der Waals surface area contributed by atoms with Crippen molar-refractivity contribution in [2.45, 2.75) is 37.8 Å². The summed E-state index contributed by atoms with van der Waals surface area (Å²) in [4.78, 5) is 42.3. The maximum absolute atomic E-state index is 12.6. The summed E-state index contributed by atoms with van der Waals surface area (Å²) in [5.74, 6) is 1.32. The molecule has 0 bridgehead atoms. The number of nitrogens with zero attached hydrogens (tertiary/aromatic N) is 6. The second kappa shape index (κ2) is 7.99. The molecule has 0 spiro atoms. The molecule has 0 aromatic carbocycles. The molecule has 0 saturated carbocycles. The molecule has 3 aromatic heterocycles. The summed E-state index contributed by atoms with van der Waals surface area (Å²) in [7, 11) is 1.61. The van der Waals surface area contributed by atoms with Crippen molar-refractivity contribution in [2.75, 3.05) is 23.7 Å². The summed E-state index contributed by atoms with van der Waals surface area (Å²) in [6.45, 7) is 5.88. The van der Waals surface area contributed by atoms with Crippen molar-refractivity contribution >= 4 is 28.9 Å². The number of H-pyrrole nitrogens is 1. The van der Waals surface area contributed by atoms with E-state index in [-0.39, 0.29) is 12.2 Å². The fraction of sp³-hybridized carbons (Fsp3) is 0.500. The van der Waals surface area contributed by atoms with Gasteiger partial charge in [-0.2, -0.15) is 4.98 Å². The highest BCUT2D eigenvalue weighted by Crippen LogP contribution is 2.24. The lowest BCUT2D eigenvalue weighted by atomic mass is 10.2. The number of aryl methyl sites for hydroxylation is 2. The van der Waals surface area contributed by atoms with Crippen molar-refractivity contribution in [1.82, 2.24) is 29.1 Å². The molecule has 1 aliphatic heterocycles. The van der Waals surface area contributed by atoms with Crippen molar-refractivity contribution in [1.29, 1.82) is 0 Å². The first-order chi connectivity index (χ1) is 13.9. The third-order valence-electron chi connectivity index (χ3n) is 4.78. The van der Waals surface area contributed by atoms with E-state index in [2.05, 4.69) is 24.8 Å². The SMILES string of the molecule is C[C@@H]1CN(c2nc3c(c(=O)[nH]c(=O)n3C)n2CCSc2ncccn2)C[C@@H](C)O1. The molecule has 154 valence electrons. The molecule has 0 amide bonds. The third-order valence-corrected chi connectivity index (χ3v) is 5.63. The molecule has 1 fully saturated rings. The number of imidazole rings is 1. The molecule has 29 heavy (non-hydrogen) atoms. The zero-order chi connectivity index (χ0) is 20.5. The quantitative estimate of drug-likeness (QED) is 0.475. The topological polar surface area (TPSA) is 111 Å². The molecule has 10 nitrogen and oxygen atoms in total. The predicted octanol–water partition coefficient (Wildman–Crippen LogP) is 0.619. The van der Waals surface area contributed by atoms with Crippen LogP contribution in [0.1, 0.15) is 13.8 Å². The zero-order valence-corrected chi connectivity index (χ0v) is 17.3. The highest BCUT2D eigenvalue weighted by molar-refractivity contribution is 7.99. The van der Waals surface area contributed by atoms with Crippen molar-refractivity contribution in [3.8, 4) is 0 Å². The molecule has 11 heteroatoms. The number of hydrogen-bond acceptors (Lipinski definition) is 8. The van der Waals surface area contributed by atoms with E-state index in [1.807, 2.05) is 18.4 Å². The molecule has 0 unspecified atom stereocenters. The van der Waals surface area contributed by atoms with E-state index in [1.54, 1.807) is 25.5 Å². The van der Waals surface area contributed by atoms with Gasteiger partial charge in [0.1, 0.15) is 0 Å². The van der Waals surface area contributed by atoms with Crippen LogP contribution in [-0.2, 0) is 18.3 Å². The van der Waals surface area contributed by atoms with Crippen molar-refractivity contribution < 1.29 is 4.74 Å². The molecule has 2 atom stereocenters.